The third-order valence-electron chi connectivity index (χ3n) is 4.36. The Kier molecular flexibility index (Phi) is 6.35. The van der Waals surface area contributed by atoms with Crippen molar-refractivity contribution in [1.29, 1.82) is 0 Å². The van der Waals surface area contributed by atoms with E-state index in [4.69, 9.17) is 0 Å². The van der Waals surface area contributed by atoms with E-state index in [0.717, 1.165) is 18.2 Å². The molecular formula is C14H23BrF3NO. The van der Waals surface area contributed by atoms with Crippen LogP contribution in [0.25, 0.3) is 0 Å². The second-order valence-corrected chi connectivity index (χ2v) is 6.74. The molecule has 0 aromatic heterocycles. The van der Waals surface area contributed by atoms with Crippen LogP contribution in [0.1, 0.15) is 52.4 Å². The maximum Gasteiger partial charge on any atom is 0.391 e. The topological polar surface area (TPSA) is 29.1 Å². The average molecular weight is 358 g/mol. The predicted molar refractivity (Wildman–Crippen MR) is 76.8 cm³/mol. The van der Waals surface area contributed by atoms with Crippen molar-refractivity contribution in [3.8, 4) is 0 Å². The number of carbonyl (C=O) groups is 1. The number of rotatable bonds is 5. The monoisotopic (exact) mass is 357 g/mol. The number of amides is 1. The van der Waals surface area contributed by atoms with Gasteiger partial charge in [0.2, 0.25) is 5.91 Å². The second-order valence-electron chi connectivity index (χ2n) is 5.94. The van der Waals surface area contributed by atoms with Gasteiger partial charge in [-0.15, -0.1) is 0 Å². The van der Waals surface area contributed by atoms with Crippen molar-refractivity contribution in [2.24, 2.45) is 11.8 Å². The van der Waals surface area contributed by atoms with Crippen LogP contribution in [0.15, 0.2) is 0 Å². The van der Waals surface area contributed by atoms with Crippen LogP contribution in [-0.2, 0) is 4.79 Å². The second kappa shape index (κ2) is 7.14. The lowest BCUT2D eigenvalue weighted by molar-refractivity contribution is -0.186. The van der Waals surface area contributed by atoms with Gasteiger partial charge in [0.25, 0.3) is 0 Å². The lowest BCUT2D eigenvalue weighted by Crippen LogP contribution is -2.49. The summed E-state index contributed by atoms with van der Waals surface area (Å²) in [4.78, 5) is 12.2. The van der Waals surface area contributed by atoms with Crippen LogP contribution in [0.3, 0.4) is 0 Å². The van der Waals surface area contributed by atoms with Gasteiger partial charge in [-0.1, -0.05) is 29.3 Å². The van der Waals surface area contributed by atoms with Crippen LogP contribution in [0, 0.1) is 11.8 Å². The summed E-state index contributed by atoms with van der Waals surface area (Å²) in [6.07, 6.45) is -1.52. The minimum absolute atomic E-state index is 0.0660. The fraction of sp³-hybridized carbons (Fsp3) is 0.929. The first kappa shape index (κ1) is 17.8. The molecule has 0 aliphatic heterocycles. The van der Waals surface area contributed by atoms with E-state index >= 15 is 0 Å². The summed E-state index contributed by atoms with van der Waals surface area (Å²) in [5.41, 5.74) is -0.342. The minimum atomic E-state index is -4.18. The van der Waals surface area contributed by atoms with Crippen molar-refractivity contribution < 1.29 is 18.0 Å². The molecule has 0 aromatic rings. The molecule has 0 heterocycles. The Morgan fingerprint density at radius 1 is 1.35 bits per heavy atom. The molecule has 3 unspecified atom stereocenters. The summed E-state index contributed by atoms with van der Waals surface area (Å²) >= 11 is 3.35. The first-order valence-corrected chi connectivity index (χ1v) is 8.28. The third-order valence-corrected chi connectivity index (χ3v) is 4.76. The van der Waals surface area contributed by atoms with Crippen LogP contribution in [-0.4, -0.2) is 23.0 Å². The van der Waals surface area contributed by atoms with Gasteiger partial charge in [0, 0.05) is 16.8 Å². The smallest absolute Gasteiger partial charge is 0.351 e. The highest BCUT2D eigenvalue weighted by Gasteiger charge is 2.44. The summed E-state index contributed by atoms with van der Waals surface area (Å²) in [7, 11) is 0. The first-order chi connectivity index (χ1) is 9.22. The number of nitrogens with one attached hydrogen (secondary N) is 1. The zero-order valence-electron chi connectivity index (χ0n) is 12.0. The number of alkyl halides is 4. The molecule has 3 atom stereocenters. The molecule has 0 bridgehead atoms. The number of hydrogen-bond acceptors (Lipinski definition) is 1. The van der Waals surface area contributed by atoms with E-state index < -0.39 is 18.0 Å². The Labute approximate surface area is 127 Å². The standard InChI is InChI=1S/C14H23BrF3NO/c1-3-13(2,7-8-15)19-12(20)10-5-4-6-11(9-10)14(16,17)18/h10-11H,3-9H2,1-2H3,(H,19,20). The van der Waals surface area contributed by atoms with Gasteiger partial charge in [0.1, 0.15) is 0 Å². The van der Waals surface area contributed by atoms with Crippen LogP contribution >= 0.6 is 15.9 Å². The number of hydrogen-bond donors (Lipinski definition) is 1. The summed E-state index contributed by atoms with van der Waals surface area (Å²) < 4.78 is 38.3. The van der Waals surface area contributed by atoms with Crippen molar-refractivity contribution >= 4 is 21.8 Å². The number of halogens is 4. The highest BCUT2D eigenvalue weighted by Crippen LogP contribution is 2.40. The average Bonchev–Trinajstić information content (AvgIpc) is 2.38. The lowest BCUT2D eigenvalue weighted by atomic mass is 9.80. The number of carbonyl (C=O) groups excluding carboxylic acids is 1. The van der Waals surface area contributed by atoms with Gasteiger partial charge >= 0.3 is 6.18 Å². The first-order valence-electron chi connectivity index (χ1n) is 7.16. The van der Waals surface area contributed by atoms with Crippen LogP contribution in [0.4, 0.5) is 13.2 Å². The van der Waals surface area contributed by atoms with Crippen LogP contribution in [0.2, 0.25) is 0 Å². The van der Waals surface area contributed by atoms with Crippen molar-refractivity contribution in [3.05, 3.63) is 0 Å². The highest BCUT2D eigenvalue weighted by atomic mass is 79.9. The molecule has 2 nitrogen and oxygen atoms in total. The van der Waals surface area contributed by atoms with Gasteiger partial charge in [-0.2, -0.15) is 13.2 Å². The quantitative estimate of drug-likeness (QED) is 0.724. The third kappa shape index (κ3) is 4.93. The minimum Gasteiger partial charge on any atom is -0.351 e. The van der Waals surface area contributed by atoms with E-state index in [2.05, 4.69) is 21.2 Å². The van der Waals surface area contributed by atoms with Gasteiger partial charge in [-0.25, -0.2) is 0 Å². The maximum absolute atomic E-state index is 12.8. The lowest BCUT2D eigenvalue weighted by Gasteiger charge is -2.34. The summed E-state index contributed by atoms with van der Waals surface area (Å²) in [5.74, 6) is -2.04. The van der Waals surface area contributed by atoms with Gasteiger partial charge < -0.3 is 5.32 Å². The van der Waals surface area contributed by atoms with Gasteiger partial charge in [0.05, 0.1) is 5.92 Å². The zero-order chi connectivity index (χ0) is 15.4. The van der Waals surface area contributed by atoms with Crippen molar-refractivity contribution in [1.82, 2.24) is 5.32 Å². The molecule has 20 heavy (non-hydrogen) atoms. The molecule has 118 valence electrons. The Morgan fingerprint density at radius 2 is 2.00 bits per heavy atom. The molecule has 0 aromatic carbocycles. The highest BCUT2D eigenvalue weighted by molar-refractivity contribution is 9.09. The van der Waals surface area contributed by atoms with Gasteiger partial charge in [-0.3, -0.25) is 4.79 Å². The fourth-order valence-electron chi connectivity index (χ4n) is 2.66. The van der Waals surface area contributed by atoms with Gasteiger partial charge in [0.15, 0.2) is 0 Å². The largest absolute Gasteiger partial charge is 0.391 e. The maximum atomic E-state index is 12.8. The Balaban J connectivity index is 2.63. The molecule has 1 aliphatic carbocycles. The van der Waals surface area contributed by atoms with E-state index in [-0.39, 0.29) is 24.3 Å². The Hall–Kier alpha value is -0.260. The summed E-state index contributed by atoms with van der Waals surface area (Å²) in [6, 6.07) is 0. The van der Waals surface area contributed by atoms with E-state index in [1.54, 1.807) is 0 Å². The Bertz CT molecular complexity index is 335. The molecule has 1 amide bonds. The fourth-order valence-corrected chi connectivity index (χ4v) is 3.54. The van der Waals surface area contributed by atoms with E-state index in [9.17, 15) is 18.0 Å². The molecule has 0 saturated heterocycles. The van der Waals surface area contributed by atoms with Crippen LogP contribution < -0.4 is 5.32 Å². The normalized spacial score (nSPS) is 26.9. The van der Waals surface area contributed by atoms with Gasteiger partial charge in [-0.05, 0) is 39.0 Å². The molecule has 1 aliphatic rings. The zero-order valence-corrected chi connectivity index (χ0v) is 13.6. The van der Waals surface area contributed by atoms with Crippen molar-refractivity contribution in [2.75, 3.05) is 5.33 Å². The van der Waals surface area contributed by atoms with E-state index in [0.29, 0.717) is 12.8 Å². The molecule has 1 saturated carbocycles. The molecular weight excluding hydrogens is 335 g/mol. The molecule has 1 N–H and O–H groups in total. The summed E-state index contributed by atoms with van der Waals surface area (Å²) in [5, 5.41) is 3.71. The molecule has 6 heteroatoms. The molecule has 0 radical (unpaired) electrons. The Morgan fingerprint density at radius 3 is 2.50 bits per heavy atom. The SMILES string of the molecule is CCC(C)(CCBr)NC(=O)C1CCCC(C(F)(F)F)C1. The van der Waals surface area contributed by atoms with Crippen molar-refractivity contribution in [3.63, 3.8) is 0 Å². The predicted octanol–water partition coefficient (Wildman–Crippen LogP) is 4.43. The van der Waals surface area contributed by atoms with Crippen LogP contribution in [0.5, 0.6) is 0 Å². The molecule has 1 rings (SSSR count). The summed E-state index contributed by atoms with van der Waals surface area (Å²) in [6.45, 7) is 3.92. The molecule has 0 spiro atoms. The van der Waals surface area contributed by atoms with E-state index in [1.165, 1.54) is 0 Å². The van der Waals surface area contributed by atoms with E-state index in [1.807, 2.05) is 13.8 Å². The molecule has 1 fully saturated rings. The van der Waals surface area contributed by atoms with Crippen molar-refractivity contribution in [2.45, 2.75) is 64.1 Å².